The molecule has 1 N–H and O–H groups in total. The van der Waals surface area contributed by atoms with Gasteiger partial charge < -0.3 is 9.80 Å². The molecule has 2 aliphatic heterocycles. The Morgan fingerprint density at radius 1 is 1.12 bits per heavy atom. The molecule has 9 heteroatoms. The van der Waals surface area contributed by atoms with E-state index >= 15 is 0 Å². The van der Waals surface area contributed by atoms with Crippen molar-refractivity contribution in [1.29, 1.82) is 0 Å². The van der Waals surface area contributed by atoms with E-state index in [0.29, 0.717) is 15.6 Å². The predicted molar refractivity (Wildman–Crippen MR) is 133 cm³/mol. The van der Waals surface area contributed by atoms with Crippen molar-refractivity contribution >= 4 is 57.2 Å². The number of piperazine rings is 1. The fourth-order valence-electron chi connectivity index (χ4n) is 4.14. The lowest BCUT2D eigenvalue weighted by Crippen LogP contribution is -2.46. The molecule has 0 saturated carbocycles. The van der Waals surface area contributed by atoms with Gasteiger partial charge in [-0.15, -0.1) is 0 Å². The maximum absolute atomic E-state index is 11.9. The van der Waals surface area contributed by atoms with Gasteiger partial charge in [0.1, 0.15) is 0 Å². The predicted octanol–water partition coefficient (Wildman–Crippen LogP) is 4.42. The molecule has 5 rings (SSSR count). The van der Waals surface area contributed by atoms with E-state index < -0.39 is 5.91 Å². The summed E-state index contributed by atoms with van der Waals surface area (Å²) in [5.41, 5.74) is 4.18. The van der Waals surface area contributed by atoms with Crippen molar-refractivity contribution in [1.82, 2.24) is 20.2 Å². The van der Waals surface area contributed by atoms with E-state index in [-0.39, 0.29) is 5.24 Å². The summed E-state index contributed by atoms with van der Waals surface area (Å²) in [6.45, 7) is 7.23. The van der Waals surface area contributed by atoms with E-state index in [4.69, 9.17) is 16.6 Å². The van der Waals surface area contributed by atoms with Gasteiger partial charge in [-0.05, 0) is 54.2 Å². The van der Waals surface area contributed by atoms with E-state index in [2.05, 4.69) is 39.2 Å². The van der Waals surface area contributed by atoms with E-state index in [1.165, 1.54) is 0 Å². The van der Waals surface area contributed by atoms with E-state index in [0.717, 1.165) is 72.2 Å². The van der Waals surface area contributed by atoms with Crippen LogP contribution in [0.3, 0.4) is 0 Å². The number of anilines is 1. The zero-order chi connectivity index (χ0) is 22.9. The number of pyridine rings is 2. The number of aromatic nitrogens is 2. The van der Waals surface area contributed by atoms with Gasteiger partial charge in [0.05, 0.1) is 26.8 Å². The summed E-state index contributed by atoms with van der Waals surface area (Å²) in [7, 11) is 0. The molecule has 0 unspecified atom stereocenters. The van der Waals surface area contributed by atoms with Crippen LogP contribution in [0, 0.1) is 0 Å². The molecule has 2 fully saturated rings. The number of nitrogens with one attached hydrogen (secondary N) is 1. The first-order valence-electron chi connectivity index (χ1n) is 10.8. The normalized spacial score (nSPS) is 18.4. The molecule has 4 heterocycles. The van der Waals surface area contributed by atoms with Gasteiger partial charge in [0.25, 0.3) is 11.1 Å². The highest BCUT2D eigenvalue weighted by Crippen LogP contribution is 2.34. The number of benzene rings is 1. The molecule has 3 aromatic rings. The molecule has 0 bridgehead atoms. The minimum atomic E-state index is -0.399. The number of fused-ring (bicyclic) bond motifs is 1. The van der Waals surface area contributed by atoms with Crippen LogP contribution < -0.4 is 10.2 Å². The van der Waals surface area contributed by atoms with Gasteiger partial charge >= 0.3 is 0 Å². The fraction of sp³-hybridized carbons (Fsp3) is 0.250. The van der Waals surface area contributed by atoms with Gasteiger partial charge in [0.2, 0.25) is 0 Å². The van der Waals surface area contributed by atoms with Crippen LogP contribution >= 0.6 is 23.4 Å². The minimum Gasteiger partial charge on any atom is -0.368 e. The number of rotatable bonds is 4. The topological polar surface area (TPSA) is 78.4 Å². The van der Waals surface area contributed by atoms with Crippen molar-refractivity contribution in [3.05, 3.63) is 58.3 Å². The van der Waals surface area contributed by atoms with Gasteiger partial charge in [0.15, 0.2) is 0 Å². The lowest BCUT2D eigenvalue weighted by Gasteiger charge is -2.36. The Hall–Kier alpha value is -2.94. The maximum atomic E-state index is 11.9. The number of imide groups is 1. The highest BCUT2D eigenvalue weighted by molar-refractivity contribution is 8.18. The van der Waals surface area contributed by atoms with Crippen LogP contribution in [0.1, 0.15) is 12.6 Å². The third-order valence-electron chi connectivity index (χ3n) is 5.96. The summed E-state index contributed by atoms with van der Waals surface area (Å²) in [6.07, 6.45) is 5.16. The molecule has 0 radical (unpaired) electrons. The standard InChI is InChI=1S/C24H22ClN5O2S/c1-2-29-7-9-30(10-8-29)20-6-4-15(11-19(20)25)18-14-26-13-16-3-5-17(27-22(16)18)12-21-23(31)28-24(32)33-21/h3-6,11-14H,2,7-10H2,1H3,(H,28,31,32). The number of carbonyl (C=O) groups excluding carboxylic acids is 2. The van der Waals surface area contributed by atoms with Gasteiger partial charge in [-0.3, -0.25) is 19.9 Å². The van der Waals surface area contributed by atoms with Gasteiger partial charge in [-0.1, -0.05) is 24.6 Å². The van der Waals surface area contributed by atoms with Crippen LogP contribution in [-0.4, -0.2) is 58.7 Å². The minimum absolute atomic E-state index is 0.332. The second kappa shape index (κ2) is 9.13. The Morgan fingerprint density at radius 3 is 2.64 bits per heavy atom. The average molecular weight is 480 g/mol. The number of thioether (sulfide) groups is 1. The van der Waals surface area contributed by atoms with E-state index in [9.17, 15) is 9.59 Å². The summed E-state index contributed by atoms with van der Waals surface area (Å²) >= 11 is 7.60. The second-order valence-corrected chi connectivity index (χ2v) is 9.36. The van der Waals surface area contributed by atoms with Crippen LogP contribution in [0.25, 0.3) is 28.1 Å². The summed E-state index contributed by atoms with van der Waals surface area (Å²) < 4.78 is 0. The smallest absolute Gasteiger partial charge is 0.290 e. The van der Waals surface area contributed by atoms with Crippen molar-refractivity contribution in [3.8, 4) is 11.1 Å². The van der Waals surface area contributed by atoms with Gasteiger partial charge in [-0.2, -0.15) is 0 Å². The van der Waals surface area contributed by atoms with Gasteiger partial charge in [0, 0.05) is 49.5 Å². The number of hydrogen-bond acceptors (Lipinski definition) is 7. The Kier molecular flexibility index (Phi) is 6.05. The SMILES string of the molecule is CCN1CCN(c2ccc(-c3cncc4ccc(C=C5SC(=O)NC5=O)nc34)cc2Cl)CC1. The molecule has 0 aliphatic carbocycles. The molecule has 168 valence electrons. The number of nitrogens with zero attached hydrogens (tertiary/aromatic N) is 4. The molecular weight excluding hydrogens is 458 g/mol. The molecule has 2 amide bonds. The third-order valence-corrected chi connectivity index (χ3v) is 7.07. The quantitative estimate of drug-likeness (QED) is 0.555. The molecular formula is C24H22ClN5O2S. The number of carbonyl (C=O) groups is 2. The lowest BCUT2D eigenvalue weighted by atomic mass is 10.0. The molecule has 33 heavy (non-hydrogen) atoms. The number of likely N-dealkylation sites (N-methyl/N-ethyl adjacent to an activating group) is 1. The maximum Gasteiger partial charge on any atom is 0.290 e. The van der Waals surface area contributed by atoms with Crippen LogP contribution in [0.2, 0.25) is 5.02 Å². The zero-order valence-electron chi connectivity index (χ0n) is 18.0. The van der Waals surface area contributed by atoms with Crippen molar-refractivity contribution < 1.29 is 9.59 Å². The summed E-state index contributed by atoms with van der Waals surface area (Å²) in [5, 5.41) is 3.47. The largest absolute Gasteiger partial charge is 0.368 e. The Balaban J connectivity index is 1.48. The Bertz CT molecular complexity index is 1290. The Labute approximate surface area is 200 Å². The molecule has 0 spiro atoms. The summed E-state index contributed by atoms with van der Waals surface area (Å²) in [5.74, 6) is -0.399. The monoisotopic (exact) mass is 479 g/mol. The van der Waals surface area contributed by atoms with Crippen LogP contribution in [-0.2, 0) is 4.79 Å². The Morgan fingerprint density at radius 2 is 1.94 bits per heavy atom. The summed E-state index contributed by atoms with van der Waals surface area (Å²) in [4.78, 5) is 37.6. The molecule has 0 atom stereocenters. The van der Waals surface area contributed by atoms with E-state index in [1.54, 1.807) is 18.5 Å². The first-order chi connectivity index (χ1) is 16.0. The van der Waals surface area contributed by atoms with Crippen LogP contribution in [0.5, 0.6) is 0 Å². The van der Waals surface area contributed by atoms with Crippen molar-refractivity contribution in [3.63, 3.8) is 0 Å². The molecule has 1 aromatic carbocycles. The fourth-order valence-corrected chi connectivity index (χ4v) is 5.11. The molecule has 2 aromatic heterocycles. The average Bonchev–Trinajstić information content (AvgIpc) is 3.15. The zero-order valence-corrected chi connectivity index (χ0v) is 19.6. The molecule has 2 aliphatic rings. The van der Waals surface area contributed by atoms with Crippen LogP contribution in [0.4, 0.5) is 10.5 Å². The van der Waals surface area contributed by atoms with E-state index in [1.807, 2.05) is 18.2 Å². The highest BCUT2D eigenvalue weighted by Gasteiger charge is 2.25. The lowest BCUT2D eigenvalue weighted by molar-refractivity contribution is -0.115. The molecule has 2 saturated heterocycles. The van der Waals surface area contributed by atoms with Crippen LogP contribution in [0.15, 0.2) is 47.6 Å². The van der Waals surface area contributed by atoms with Gasteiger partial charge in [-0.25, -0.2) is 4.98 Å². The van der Waals surface area contributed by atoms with Crippen molar-refractivity contribution in [2.24, 2.45) is 0 Å². The molecule has 7 nitrogen and oxygen atoms in total. The highest BCUT2D eigenvalue weighted by atomic mass is 35.5. The first kappa shape index (κ1) is 21.9. The number of amides is 2. The van der Waals surface area contributed by atoms with Crippen molar-refractivity contribution in [2.45, 2.75) is 6.92 Å². The summed E-state index contributed by atoms with van der Waals surface area (Å²) in [6, 6.07) is 9.80. The third kappa shape index (κ3) is 4.46. The number of hydrogen-bond donors (Lipinski definition) is 1. The second-order valence-electron chi connectivity index (χ2n) is 7.93. The number of halogens is 1. The first-order valence-corrected chi connectivity index (χ1v) is 12.0. The van der Waals surface area contributed by atoms with Crippen molar-refractivity contribution in [2.75, 3.05) is 37.6 Å².